The van der Waals surface area contributed by atoms with E-state index in [4.69, 9.17) is 4.74 Å². The minimum atomic E-state index is -0.343. The first-order chi connectivity index (χ1) is 13.2. The van der Waals surface area contributed by atoms with Crippen LogP contribution in [0, 0.1) is 5.82 Å². The molecule has 3 aromatic rings. The number of rotatable bonds is 4. The summed E-state index contributed by atoms with van der Waals surface area (Å²) in [7, 11) is 0. The zero-order chi connectivity index (χ0) is 18.6. The Kier molecular flexibility index (Phi) is 4.61. The van der Waals surface area contributed by atoms with Crippen LogP contribution in [0.1, 0.15) is 23.6 Å². The highest BCUT2D eigenvalue weighted by atomic mass is 19.1. The smallest absolute Gasteiger partial charge is 0.154 e. The Bertz CT molecular complexity index is 1010. The van der Waals surface area contributed by atoms with Gasteiger partial charge in [0.25, 0.3) is 0 Å². The van der Waals surface area contributed by atoms with Crippen molar-refractivity contribution in [3.63, 3.8) is 0 Å². The topological polar surface area (TPSA) is 58.9 Å². The Morgan fingerprint density at radius 1 is 1.04 bits per heavy atom. The third-order valence-corrected chi connectivity index (χ3v) is 4.09. The van der Waals surface area contributed by atoms with Crippen LogP contribution in [0.3, 0.4) is 0 Å². The molecule has 5 nitrogen and oxygen atoms in total. The van der Waals surface area contributed by atoms with Gasteiger partial charge in [-0.2, -0.15) is 5.10 Å². The lowest BCUT2D eigenvalue weighted by molar-refractivity contribution is 0.340. The number of benzene rings is 2. The molecule has 4 rings (SSSR count). The lowest BCUT2D eigenvalue weighted by Gasteiger charge is -2.07. The van der Waals surface area contributed by atoms with Gasteiger partial charge in [-0.15, -0.1) is 0 Å². The van der Waals surface area contributed by atoms with Crippen LogP contribution in [0.15, 0.2) is 77.1 Å². The van der Waals surface area contributed by atoms with Crippen molar-refractivity contribution in [2.45, 2.75) is 6.92 Å². The molecule has 1 aliphatic rings. The first-order valence-electron chi connectivity index (χ1n) is 8.60. The number of halogens is 1. The van der Waals surface area contributed by atoms with E-state index in [0.717, 1.165) is 16.9 Å². The van der Waals surface area contributed by atoms with Gasteiger partial charge in [0.1, 0.15) is 17.3 Å². The summed E-state index contributed by atoms with van der Waals surface area (Å²) in [5.74, 6) is 1.02. The van der Waals surface area contributed by atoms with Gasteiger partial charge in [-0.25, -0.2) is 9.38 Å². The normalized spacial score (nSPS) is 13.0. The van der Waals surface area contributed by atoms with Crippen molar-refractivity contribution in [1.82, 2.24) is 10.4 Å². The third kappa shape index (κ3) is 3.55. The van der Waals surface area contributed by atoms with Crippen LogP contribution in [0.25, 0.3) is 0 Å². The van der Waals surface area contributed by atoms with E-state index in [1.165, 1.54) is 12.1 Å². The highest BCUT2D eigenvalue weighted by Crippen LogP contribution is 2.26. The molecule has 0 bridgehead atoms. The fourth-order valence-electron chi connectivity index (χ4n) is 2.84. The Morgan fingerprint density at radius 2 is 1.89 bits per heavy atom. The van der Waals surface area contributed by atoms with Crippen LogP contribution in [-0.4, -0.2) is 23.1 Å². The van der Waals surface area contributed by atoms with E-state index in [0.29, 0.717) is 29.4 Å². The monoisotopic (exact) mass is 360 g/mol. The minimum absolute atomic E-state index is 0.343. The first-order valence-corrected chi connectivity index (χ1v) is 8.60. The van der Waals surface area contributed by atoms with Crippen molar-refractivity contribution >= 4 is 17.2 Å². The molecule has 6 heteroatoms. The van der Waals surface area contributed by atoms with Crippen molar-refractivity contribution in [3.8, 4) is 5.75 Å². The van der Waals surface area contributed by atoms with Gasteiger partial charge in [-0.05, 0) is 61.5 Å². The molecule has 0 saturated carbocycles. The standard InChI is InChI=1S/C21H17FN4O/c1-2-27-17-8-5-14(6-9-17)21-24-19-10-7-16(22)12-18(19)20(25-26-21)15-4-3-11-23-13-15/h3-13H,2H2,1H3,(H,24,26). The Labute approximate surface area is 156 Å². The average molecular weight is 360 g/mol. The maximum absolute atomic E-state index is 13.9. The molecule has 2 aromatic carbocycles. The molecule has 0 aliphatic carbocycles. The van der Waals surface area contributed by atoms with Crippen LogP contribution >= 0.6 is 0 Å². The van der Waals surface area contributed by atoms with E-state index in [2.05, 4.69) is 20.5 Å². The van der Waals surface area contributed by atoms with E-state index in [-0.39, 0.29) is 5.82 Å². The van der Waals surface area contributed by atoms with Gasteiger partial charge in [-0.3, -0.25) is 10.4 Å². The third-order valence-electron chi connectivity index (χ3n) is 4.09. The van der Waals surface area contributed by atoms with Crippen molar-refractivity contribution in [1.29, 1.82) is 0 Å². The minimum Gasteiger partial charge on any atom is -0.494 e. The summed E-state index contributed by atoms with van der Waals surface area (Å²) in [4.78, 5) is 8.80. The summed E-state index contributed by atoms with van der Waals surface area (Å²) in [6.45, 7) is 2.55. The summed E-state index contributed by atoms with van der Waals surface area (Å²) in [5, 5.41) is 4.49. The second kappa shape index (κ2) is 7.37. The number of hydrazone groups is 1. The molecule has 1 aromatic heterocycles. The Morgan fingerprint density at radius 3 is 2.63 bits per heavy atom. The van der Waals surface area contributed by atoms with Crippen LogP contribution in [0.2, 0.25) is 0 Å². The molecule has 0 atom stereocenters. The summed E-state index contributed by atoms with van der Waals surface area (Å²) < 4.78 is 19.4. The van der Waals surface area contributed by atoms with Gasteiger partial charge < -0.3 is 4.74 Å². The zero-order valence-corrected chi connectivity index (χ0v) is 14.7. The average Bonchev–Trinajstić information content (AvgIpc) is 2.89. The first kappa shape index (κ1) is 16.9. The molecule has 27 heavy (non-hydrogen) atoms. The molecule has 1 aliphatic heterocycles. The maximum Gasteiger partial charge on any atom is 0.154 e. The van der Waals surface area contributed by atoms with Gasteiger partial charge in [-0.1, -0.05) is 0 Å². The summed E-state index contributed by atoms with van der Waals surface area (Å²) in [6.07, 6.45) is 3.37. The van der Waals surface area contributed by atoms with Crippen LogP contribution < -0.4 is 10.2 Å². The number of aliphatic imine (C=N–C) groups is 1. The van der Waals surface area contributed by atoms with Crippen LogP contribution in [0.4, 0.5) is 10.1 Å². The molecule has 0 radical (unpaired) electrons. The largest absolute Gasteiger partial charge is 0.494 e. The zero-order valence-electron chi connectivity index (χ0n) is 14.7. The quantitative estimate of drug-likeness (QED) is 0.763. The molecular weight excluding hydrogens is 343 g/mol. The predicted molar refractivity (Wildman–Crippen MR) is 103 cm³/mol. The lowest BCUT2D eigenvalue weighted by Crippen LogP contribution is -2.19. The van der Waals surface area contributed by atoms with E-state index < -0.39 is 0 Å². The predicted octanol–water partition coefficient (Wildman–Crippen LogP) is 4.05. The summed E-state index contributed by atoms with van der Waals surface area (Å²) in [6, 6.07) is 15.8. The van der Waals surface area contributed by atoms with Crippen LogP contribution in [-0.2, 0) is 0 Å². The highest BCUT2D eigenvalue weighted by Gasteiger charge is 2.18. The van der Waals surface area contributed by atoms with Crippen LogP contribution in [0.5, 0.6) is 5.75 Å². The number of ether oxygens (including phenoxy) is 1. The van der Waals surface area contributed by atoms with Gasteiger partial charge >= 0.3 is 0 Å². The number of pyridine rings is 1. The van der Waals surface area contributed by atoms with E-state index in [9.17, 15) is 4.39 Å². The SMILES string of the molecule is CCOc1ccc(C2=Nc3ccc(F)cc3C(c3cccnc3)=NN2)cc1. The van der Waals surface area contributed by atoms with Crippen molar-refractivity contribution in [3.05, 3.63) is 89.5 Å². The molecule has 0 amide bonds. The van der Waals surface area contributed by atoms with Crippen molar-refractivity contribution in [2.75, 3.05) is 6.61 Å². The molecule has 0 saturated heterocycles. The van der Waals surface area contributed by atoms with Gasteiger partial charge in [0.15, 0.2) is 5.84 Å². The molecule has 134 valence electrons. The number of amidine groups is 1. The fourth-order valence-corrected chi connectivity index (χ4v) is 2.84. The number of nitrogens with one attached hydrogen (secondary N) is 1. The van der Waals surface area contributed by atoms with Crippen molar-refractivity contribution < 1.29 is 9.13 Å². The Hall–Kier alpha value is -3.54. The molecular formula is C21H17FN4O. The van der Waals surface area contributed by atoms with E-state index in [1.807, 2.05) is 43.3 Å². The number of nitrogens with zero attached hydrogens (tertiary/aromatic N) is 3. The van der Waals surface area contributed by atoms with Crippen molar-refractivity contribution in [2.24, 2.45) is 10.1 Å². The number of fused-ring (bicyclic) bond motifs is 1. The number of hydrogen-bond donors (Lipinski definition) is 1. The second-order valence-electron chi connectivity index (χ2n) is 5.89. The summed E-state index contributed by atoms with van der Waals surface area (Å²) in [5.41, 5.74) is 6.47. The fraction of sp³-hybridized carbons (Fsp3) is 0.0952. The second-order valence-corrected chi connectivity index (χ2v) is 5.89. The van der Waals surface area contributed by atoms with E-state index in [1.54, 1.807) is 18.5 Å². The molecule has 0 spiro atoms. The molecule has 0 unspecified atom stereocenters. The Balaban J connectivity index is 1.79. The van der Waals surface area contributed by atoms with Gasteiger partial charge in [0.2, 0.25) is 0 Å². The molecule has 1 N–H and O–H groups in total. The number of hydrogen-bond acceptors (Lipinski definition) is 5. The lowest BCUT2D eigenvalue weighted by atomic mass is 10.0. The van der Waals surface area contributed by atoms with E-state index >= 15 is 0 Å². The number of aromatic nitrogens is 1. The molecule has 2 heterocycles. The summed E-state index contributed by atoms with van der Waals surface area (Å²) >= 11 is 0. The molecule has 0 fully saturated rings. The van der Waals surface area contributed by atoms with Gasteiger partial charge in [0.05, 0.1) is 12.3 Å². The van der Waals surface area contributed by atoms with Gasteiger partial charge in [0, 0.05) is 29.1 Å². The highest BCUT2D eigenvalue weighted by molar-refractivity contribution is 6.17. The maximum atomic E-state index is 13.9.